The van der Waals surface area contributed by atoms with Gasteiger partial charge >= 0.3 is 12.2 Å². The Labute approximate surface area is 424 Å². The first kappa shape index (κ1) is 51.6. The average molecular weight is 1000 g/mol. The van der Waals surface area contributed by atoms with Gasteiger partial charge in [0, 0.05) is 49.8 Å². The number of ether oxygens (including phenoxy) is 4. The highest BCUT2D eigenvalue weighted by Gasteiger charge is 2.66. The molecule has 5 aromatic carbocycles. The highest BCUT2D eigenvalue weighted by molar-refractivity contribution is 6.18. The summed E-state index contributed by atoms with van der Waals surface area (Å²) < 4.78 is 26.5. The molecule has 3 aliphatic rings. The number of nitro groups is 1. The Morgan fingerprint density at radius 3 is 2.43 bits per heavy atom. The zero-order valence-electron chi connectivity index (χ0n) is 40.1. The van der Waals surface area contributed by atoms with E-state index in [0.29, 0.717) is 54.9 Å². The first-order valence-corrected chi connectivity index (χ1v) is 25.1. The molecule has 2 amide bonds. The van der Waals surface area contributed by atoms with E-state index >= 15 is 0 Å². The third-order valence-corrected chi connectivity index (χ3v) is 14.0. The topological polar surface area (TPSA) is 192 Å². The van der Waals surface area contributed by atoms with Crippen molar-refractivity contribution in [3.8, 4) is 11.5 Å². The molecule has 15 nitrogen and oxygen atoms in total. The van der Waals surface area contributed by atoms with E-state index in [9.17, 15) is 29.9 Å². The van der Waals surface area contributed by atoms with Crippen molar-refractivity contribution in [3.05, 3.63) is 172 Å². The number of halogens is 1. The number of carbonyl (C=O) groups excluding carboxylic acids is 2. The molecule has 5 aromatic rings. The maximum Gasteiger partial charge on any atom is 0.412 e. The normalized spacial score (nSPS) is 21.3. The lowest BCUT2D eigenvalue weighted by molar-refractivity contribution is -0.384. The summed E-state index contributed by atoms with van der Waals surface area (Å²) in [5.41, 5.74) is 4.43. The van der Waals surface area contributed by atoms with Crippen molar-refractivity contribution < 1.29 is 48.5 Å². The number of alkyl halides is 1. The number of rotatable bonds is 23. The molecule has 1 aliphatic heterocycles. The lowest BCUT2D eigenvalue weighted by Crippen LogP contribution is -2.70. The largest absolute Gasteiger partial charge is 0.459 e. The number of aliphatic hydroxyl groups excluding tert-OH is 2. The molecule has 0 aromatic heterocycles. The summed E-state index contributed by atoms with van der Waals surface area (Å²) in [5.74, 6) is -2.10. The van der Waals surface area contributed by atoms with Gasteiger partial charge in [-0.2, -0.15) is 0 Å². The third kappa shape index (κ3) is 11.8. The van der Waals surface area contributed by atoms with E-state index in [4.69, 9.17) is 40.5 Å². The molecule has 16 heteroatoms. The number of non-ortho nitro benzene ring substituents is 1. The summed E-state index contributed by atoms with van der Waals surface area (Å²) in [4.78, 5) is 47.2. The quantitative estimate of drug-likeness (QED) is 0.0185. The summed E-state index contributed by atoms with van der Waals surface area (Å²) >= 11 is 6.18. The fraction of sp³-hybridized carbons (Fsp3) is 0.375. The van der Waals surface area contributed by atoms with Crippen LogP contribution in [-0.2, 0) is 34.0 Å². The minimum Gasteiger partial charge on any atom is -0.459 e. The summed E-state index contributed by atoms with van der Waals surface area (Å²) in [6.45, 7) is 4.37. The van der Waals surface area contributed by atoms with Gasteiger partial charge in [-0.05, 0) is 101 Å². The highest BCUT2D eigenvalue weighted by Crippen LogP contribution is 2.62. The van der Waals surface area contributed by atoms with Gasteiger partial charge < -0.3 is 39.3 Å². The number of hydrogen-bond acceptors (Lipinski definition) is 12. The Morgan fingerprint density at radius 2 is 1.68 bits per heavy atom. The molecule has 8 rings (SSSR count). The molecule has 6 atom stereocenters. The van der Waals surface area contributed by atoms with Crippen molar-refractivity contribution in [1.82, 2.24) is 10.2 Å². The number of unbranched alkanes of at least 4 members (excludes halogenated alkanes) is 2. The zero-order valence-corrected chi connectivity index (χ0v) is 40.9. The number of hydrogen-bond donors (Lipinski definition) is 3. The standard InChI is InChI=1S/C56H61ClN4O11/c1-2-30-69-56-51(60(55(65)68-31-27-57)36-42-18-12-17-40-15-6-7-19-45(40)42)34-49(59-70-37-39-21-23-43(24-22-39)61(66)67)47-32-41(16-8-10-28-62)46(20-9-11-29-63)52(53(47)56)48-33-44(25-26-50(48)72-56)71-54(64)58-35-38-13-4-3-5-14-38/h2-7,12-15,17-19,21-26,32-33,41,46,51-53,62-63H,1,8-11,16,20,27-31,34-37H2,(H,58,64). The van der Waals surface area contributed by atoms with Crippen molar-refractivity contribution in [2.24, 2.45) is 22.9 Å². The number of amides is 2. The van der Waals surface area contributed by atoms with E-state index in [2.05, 4.69) is 18.0 Å². The summed E-state index contributed by atoms with van der Waals surface area (Å²) in [5, 5.41) is 41.2. The summed E-state index contributed by atoms with van der Waals surface area (Å²) in [7, 11) is 0. The lowest BCUT2D eigenvalue weighted by atomic mass is 9.55. The Bertz CT molecular complexity index is 2730. The Kier molecular flexibility index (Phi) is 17.6. The van der Waals surface area contributed by atoms with Crippen LogP contribution in [0.2, 0.25) is 0 Å². The van der Waals surface area contributed by atoms with Crippen LogP contribution in [0.3, 0.4) is 0 Å². The second-order valence-electron chi connectivity index (χ2n) is 18.3. The molecule has 1 fully saturated rings. The first-order chi connectivity index (χ1) is 35.2. The van der Waals surface area contributed by atoms with Crippen LogP contribution in [0.1, 0.15) is 73.1 Å². The van der Waals surface area contributed by atoms with Gasteiger partial charge in [0.1, 0.15) is 30.8 Å². The van der Waals surface area contributed by atoms with Crippen LogP contribution in [0.25, 0.3) is 10.8 Å². The van der Waals surface area contributed by atoms with Crippen LogP contribution in [0, 0.1) is 27.9 Å². The van der Waals surface area contributed by atoms with Gasteiger partial charge in [0.2, 0.25) is 5.79 Å². The predicted octanol–water partition coefficient (Wildman–Crippen LogP) is 10.7. The van der Waals surface area contributed by atoms with E-state index in [1.807, 2.05) is 78.9 Å². The number of nitrogens with one attached hydrogen (secondary N) is 1. The number of oxime groups is 1. The van der Waals surface area contributed by atoms with Crippen LogP contribution in [0.5, 0.6) is 11.5 Å². The summed E-state index contributed by atoms with van der Waals surface area (Å²) in [6, 6.07) is 33.8. The van der Waals surface area contributed by atoms with E-state index in [1.165, 1.54) is 12.1 Å². The van der Waals surface area contributed by atoms with Crippen molar-refractivity contribution in [2.75, 3.05) is 32.3 Å². The molecule has 3 N–H and O–H groups in total. The number of nitro benzene ring substituents is 1. The Hall–Kier alpha value is -6.78. The van der Waals surface area contributed by atoms with Crippen LogP contribution >= 0.6 is 11.6 Å². The Morgan fingerprint density at radius 1 is 0.931 bits per heavy atom. The van der Waals surface area contributed by atoms with Crippen molar-refractivity contribution in [1.29, 1.82) is 0 Å². The van der Waals surface area contributed by atoms with Crippen LogP contribution < -0.4 is 14.8 Å². The molecule has 0 radical (unpaired) electrons. The first-order valence-electron chi connectivity index (χ1n) is 24.6. The Balaban J connectivity index is 1.31. The number of fused-ring (bicyclic) bond motifs is 3. The van der Waals surface area contributed by atoms with Crippen molar-refractivity contribution in [3.63, 3.8) is 0 Å². The van der Waals surface area contributed by atoms with Gasteiger partial charge in [-0.3, -0.25) is 15.0 Å². The SMILES string of the molecule is C=CCOC12Oc3ccc(OC(=O)NCc4ccccc4)cc3C3C(CCCCO)C(CCCCO)C=C(C(=NOCc4ccc([N+](=O)[O-])cc4)CC1N(Cc1cccc4ccccc14)C(=O)OCCCl)C32. The molecule has 0 saturated heterocycles. The molecule has 1 heterocycles. The zero-order chi connectivity index (χ0) is 50.5. The maximum atomic E-state index is 14.9. The molecule has 72 heavy (non-hydrogen) atoms. The molecular formula is C56H61ClN4O11. The fourth-order valence-electron chi connectivity index (χ4n) is 10.6. The van der Waals surface area contributed by atoms with Crippen LogP contribution in [-0.4, -0.2) is 82.1 Å². The molecule has 378 valence electrons. The number of nitrogens with zero attached hydrogens (tertiary/aromatic N) is 3. The second-order valence-corrected chi connectivity index (χ2v) is 18.6. The number of carbonyl (C=O) groups is 2. The lowest BCUT2D eigenvalue weighted by Gasteiger charge is -2.59. The summed E-state index contributed by atoms with van der Waals surface area (Å²) in [6.07, 6.45) is 6.63. The molecule has 1 saturated carbocycles. The smallest absolute Gasteiger partial charge is 0.412 e. The predicted molar refractivity (Wildman–Crippen MR) is 274 cm³/mol. The van der Waals surface area contributed by atoms with E-state index in [0.717, 1.165) is 39.5 Å². The van der Waals surface area contributed by atoms with Gasteiger partial charge in [-0.15, -0.1) is 18.2 Å². The minimum atomic E-state index is -1.62. The van der Waals surface area contributed by atoms with Crippen LogP contribution in [0.15, 0.2) is 145 Å². The number of aliphatic hydroxyl groups is 2. The van der Waals surface area contributed by atoms with E-state index in [-0.39, 0.29) is 75.9 Å². The molecule has 6 unspecified atom stereocenters. The average Bonchev–Trinajstić information content (AvgIpc) is 3.40. The van der Waals surface area contributed by atoms with Crippen molar-refractivity contribution >= 4 is 46.0 Å². The molecule has 0 bridgehead atoms. The van der Waals surface area contributed by atoms with E-state index in [1.54, 1.807) is 35.2 Å². The molecule has 2 aliphatic carbocycles. The van der Waals surface area contributed by atoms with Crippen LogP contribution in [0.4, 0.5) is 15.3 Å². The monoisotopic (exact) mass is 1000 g/mol. The molecule has 0 spiro atoms. The minimum absolute atomic E-state index is 0.0117. The van der Waals surface area contributed by atoms with Crippen molar-refractivity contribution in [2.45, 2.75) is 82.4 Å². The molecular weight excluding hydrogens is 940 g/mol. The van der Waals surface area contributed by atoms with Gasteiger partial charge in [0.25, 0.3) is 5.69 Å². The fourth-order valence-corrected chi connectivity index (χ4v) is 10.7. The number of benzene rings is 5. The van der Waals surface area contributed by atoms with Gasteiger partial charge in [0.15, 0.2) is 0 Å². The third-order valence-electron chi connectivity index (χ3n) is 13.8. The number of allylic oxidation sites excluding steroid dienone is 1. The van der Waals surface area contributed by atoms with Gasteiger partial charge in [-0.25, -0.2) is 9.59 Å². The van der Waals surface area contributed by atoms with Gasteiger partial charge in [-0.1, -0.05) is 103 Å². The van der Waals surface area contributed by atoms with E-state index < -0.39 is 40.8 Å². The highest BCUT2D eigenvalue weighted by atomic mass is 35.5. The second kappa shape index (κ2) is 24.6. The maximum absolute atomic E-state index is 14.9. The van der Waals surface area contributed by atoms with Gasteiger partial charge in [0.05, 0.1) is 35.6 Å².